The van der Waals surface area contributed by atoms with Crippen molar-refractivity contribution in [2.75, 3.05) is 5.32 Å². The van der Waals surface area contributed by atoms with Crippen LogP contribution < -0.4 is 5.32 Å². The average Bonchev–Trinajstić information content (AvgIpc) is 3.40. The van der Waals surface area contributed by atoms with Gasteiger partial charge in [-0.1, -0.05) is 6.07 Å². The first-order valence-corrected chi connectivity index (χ1v) is 11.0. The first-order chi connectivity index (χ1) is 16.7. The molecular weight excluding hydrogens is 470 g/mol. The average molecular weight is 489 g/mol. The van der Waals surface area contributed by atoms with E-state index < -0.39 is 34.8 Å². The standard InChI is InChI=1S/C23H19F4N5O3/c24-18-10-12(23(25,26)27)4-7-17(18)22(8-9-22)21(34)28-13-5-6-15(20(33)35-14-2-1-3-14)16(11-13)19-29-31-32-30-19/h4-7,10-11,14H,1-3,8-9H2,(H,28,34)(H,29,30,31,32). The van der Waals surface area contributed by atoms with E-state index in [0.29, 0.717) is 11.6 Å². The lowest BCUT2D eigenvalue weighted by molar-refractivity contribution is -0.137. The third-order valence-corrected chi connectivity index (χ3v) is 6.42. The number of amides is 1. The van der Waals surface area contributed by atoms with Crippen LogP contribution in [-0.2, 0) is 21.1 Å². The summed E-state index contributed by atoms with van der Waals surface area (Å²) < 4.78 is 58.8. The Kier molecular flexibility index (Phi) is 5.53. The maximum Gasteiger partial charge on any atom is 0.416 e. The van der Waals surface area contributed by atoms with E-state index in [1.54, 1.807) is 0 Å². The lowest BCUT2D eigenvalue weighted by Gasteiger charge is -2.25. The van der Waals surface area contributed by atoms with E-state index in [2.05, 4.69) is 25.9 Å². The zero-order chi connectivity index (χ0) is 24.8. The van der Waals surface area contributed by atoms with Crippen LogP contribution in [0.4, 0.5) is 23.2 Å². The van der Waals surface area contributed by atoms with Gasteiger partial charge in [-0.25, -0.2) is 14.3 Å². The highest BCUT2D eigenvalue weighted by Crippen LogP contribution is 2.50. The van der Waals surface area contributed by atoms with Crippen LogP contribution in [0.25, 0.3) is 11.4 Å². The number of aromatic nitrogens is 4. The van der Waals surface area contributed by atoms with Gasteiger partial charge in [-0.15, -0.1) is 5.10 Å². The smallest absolute Gasteiger partial charge is 0.416 e. The minimum Gasteiger partial charge on any atom is -0.459 e. The van der Waals surface area contributed by atoms with Crippen molar-refractivity contribution in [2.45, 2.75) is 49.8 Å². The molecule has 2 aromatic carbocycles. The molecule has 2 aliphatic rings. The monoisotopic (exact) mass is 489 g/mol. The number of nitrogens with one attached hydrogen (secondary N) is 2. The summed E-state index contributed by atoms with van der Waals surface area (Å²) in [6.07, 6.45) is -1.69. The molecule has 2 N–H and O–H groups in total. The van der Waals surface area contributed by atoms with Crippen LogP contribution >= 0.6 is 0 Å². The molecule has 2 fully saturated rings. The van der Waals surface area contributed by atoms with Crippen LogP contribution in [-0.4, -0.2) is 38.6 Å². The Bertz CT molecular complexity index is 1280. The van der Waals surface area contributed by atoms with Crippen LogP contribution in [0.2, 0.25) is 0 Å². The van der Waals surface area contributed by atoms with Crippen LogP contribution in [0.15, 0.2) is 36.4 Å². The minimum absolute atomic E-state index is 0.0941. The van der Waals surface area contributed by atoms with Gasteiger partial charge in [0.05, 0.1) is 16.5 Å². The van der Waals surface area contributed by atoms with E-state index in [0.717, 1.165) is 31.4 Å². The summed E-state index contributed by atoms with van der Waals surface area (Å²) in [4.78, 5) is 25.8. The molecule has 8 nitrogen and oxygen atoms in total. The molecule has 2 aliphatic carbocycles. The Morgan fingerprint density at radius 1 is 1.11 bits per heavy atom. The van der Waals surface area contributed by atoms with Crippen LogP contribution in [0.5, 0.6) is 0 Å². The molecular formula is C23H19F4N5O3. The van der Waals surface area contributed by atoms with Gasteiger partial charge in [-0.05, 0) is 72.9 Å². The van der Waals surface area contributed by atoms with Crippen molar-refractivity contribution < 1.29 is 31.9 Å². The number of halogens is 4. The van der Waals surface area contributed by atoms with E-state index in [1.165, 1.54) is 18.2 Å². The number of anilines is 1. The van der Waals surface area contributed by atoms with Gasteiger partial charge in [-0.2, -0.15) is 13.2 Å². The van der Waals surface area contributed by atoms with Gasteiger partial charge >= 0.3 is 12.1 Å². The number of carbonyl (C=O) groups is 2. The van der Waals surface area contributed by atoms with Crippen molar-refractivity contribution >= 4 is 17.6 Å². The molecule has 0 unspecified atom stereocenters. The third-order valence-electron chi connectivity index (χ3n) is 6.42. The van der Waals surface area contributed by atoms with Gasteiger partial charge in [0.1, 0.15) is 11.9 Å². The molecule has 182 valence electrons. The summed E-state index contributed by atoms with van der Waals surface area (Å²) in [7, 11) is 0. The molecule has 0 aliphatic heterocycles. The van der Waals surface area contributed by atoms with Crippen molar-refractivity contribution in [1.82, 2.24) is 20.6 Å². The fraction of sp³-hybridized carbons (Fsp3) is 0.348. The molecule has 12 heteroatoms. The maximum atomic E-state index is 14.6. The second kappa shape index (κ2) is 8.43. The molecule has 0 spiro atoms. The van der Waals surface area contributed by atoms with E-state index in [9.17, 15) is 27.2 Å². The largest absolute Gasteiger partial charge is 0.459 e. The van der Waals surface area contributed by atoms with Gasteiger partial charge in [0.25, 0.3) is 0 Å². The Labute approximate surface area is 196 Å². The highest BCUT2D eigenvalue weighted by atomic mass is 19.4. The number of rotatable bonds is 6. The summed E-state index contributed by atoms with van der Waals surface area (Å²) >= 11 is 0. The predicted octanol–water partition coefficient (Wildman–Crippen LogP) is 4.40. The number of benzene rings is 2. The van der Waals surface area contributed by atoms with E-state index >= 15 is 0 Å². The molecule has 5 rings (SSSR count). The van der Waals surface area contributed by atoms with E-state index in [1.807, 2.05) is 0 Å². The lowest BCUT2D eigenvalue weighted by Crippen LogP contribution is -2.29. The Morgan fingerprint density at radius 3 is 2.46 bits per heavy atom. The lowest BCUT2D eigenvalue weighted by atomic mass is 9.93. The fourth-order valence-electron chi connectivity index (χ4n) is 4.05. The number of carbonyl (C=O) groups excluding carboxylic acids is 2. The molecule has 0 saturated heterocycles. The second-order valence-corrected chi connectivity index (χ2v) is 8.70. The van der Waals surface area contributed by atoms with Crippen LogP contribution in [0.3, 0.4) is 0 Å². The highest BCUT2D eigenvalue weighted by Gasteiger charge is 2.53. The van der Waals surface area contributed by atoms with Crippen molar-refractivity contribution in [2.24, 2.45) is 0 Å². The number of hydrogen-bond donors (Lipinski definition) is 2. The molecule has 0 radical (unpaired) electrons. The van der Waals surface area contributed by atoms with Crippen molar-refractivity contribution in [3.05, 3.63) is 58.9 Å². The summed E-state index contributed by atoms with van der Waals surface area (Å²) in [5, 5.41) is 16.1. The first-order valence-electron chi connectivity index (χ1n) is 11.0. The second-order valence-electron chi connectivity index (χ2n) is 8.70. The summed E-state index contributed by atoms with van der Waals surface area (Å²) in [6.45, 7) is 0. The zero-order valence-corrected chi connectivity index (χ0v) is 18.2. The van der Waals surface area contributed by atoms with Gasteiger partial charge in [-0.3, -0.25) is 4.79 Å². The quantitative estimate of drug-likeness (QED) is 0.392. The molecule has 3 aromatic rings. The molecule has 35 heavy (non-hydrogen) atoms. The molecule has 1 heterocycles. The Balaban J connectivity index is 1.40. The first kappa shape index (κ1) is 22.9. The number of hydrogen-bond acceptors (Lipinski definition) is 6. The number of ether oxygens (including phenoxy) is 1. The van der Waals surface area contributed by atoms with Crippen molar-refractivity contribution in [3.63, 3.8) is 0 Å². The SMILES string of the molecule is O=C(OC1CCC1)c1ccc(NC(=O)C2(c3ccc(C(F)(F)F)cc3F)CC2)cc1-c1nnn[nH]1. The van der Waals surface area contributed by atoms with E-state index in [4.69, 9.17) is 4.74 Å². The third kappa shape index (κ3) is 4.35. The van der Waals surface area contributed by atoms with E-state index in [-0.39, 0.29) is 41.6 Å². The van der Waals surface area contributed by atoms with Gasteiger partial charge in [0, 0.05) is 16.8 Å². The molecule has 2 saturated carbocycles. The number of H-pyrrole nitrogens is 1. The normalized spacial score (nSPS) is 16.9. The summed E-state index contributed by atoms with van der Waals surface area (Å²) in [6, 6.07) is 6.62. The maximum absolute atomic E-state index is 14.6. The number of aromatic amines is 1. The Morgan fingerprint density at radius 2 is 1.89 bits per heavy atom. The van der Waals surface area contributed by atoms with Crippen LogP contribution in [0.1, 0.15) is 53.6 Å². The molecule has 1 amide bonds. The fourth-order valence-corrected chi connectivity index (χ4v) is 4.05. The number of nitrogens with zero attached hydrogens (tertiary/aromatic N) is 3. The van der Waals surface area contributed by atoms with Crippen LogP contribution in [0, 0.1) is 5.82 Å². The summed E-state index contributed by atoms with van der Waals surface area (Å²) in [5.74, 6) is -2.03. The van der Waals surface area contributed by atoms with Gasteiger partial charge in [0.15, 0.2) is 5.82 Å². The Hall–Kier alpha value is -3.83. The predicted molar refractivity (Wildman–Crippen MR) is 114 cm³/mol. The highest BCUT2D eigenvalue weighted by molar-refractivity contribution is 6.03. The molecule has 0 bridgehead atoms. The zero-order valence-electron chi connectivity index (χ0n) is 18.2. The van der Waals surface area contributed by atoms with Gasteiger partial charge < -0.3 is 10.1 Å². The summed E-state index contributed by atoms with van der Waals surface area (Å²) in [5.41, 5.74) is -1.72. The van der Waals surface area contributed by atoms with Crippen molar-refractivity contribution in [1.29, 1.82) is 0 Å². The van der Waals surface area contributed by atoms with Gasteiger partial charge in [0.2, 0.25) is 5.91 Å². The van der Waals surface area contributed by atoms with Crippen molar-refractivity contribution in [3.8, 4) is 11.4 Å². The molecule has 0 atom stereocenters. The topological polar surface area (TPSA) is 110 Å². The molecule has 1 aromatic heterocycles. The number of tetrazole rings is 1. The number of alkyl halides is 3. The minimum atomic E-state index is -4.69. The number of esters is 1.